The molecule has 1 amide bonds. The van der Waals surface area contributed by atoms with Crippen molar-refractivity contribution in [3.05, 3.63) is 105 Å². The number of unbranched alkanes of at least 4 members (excludes halogenated alkanes) is 2. The molecule has 0 aliphatic heterocycles. The first-order chi connectivity index (χ1) is 16.9. The fraction of sp³-hybridized carbons (Fsp3) is 0.276. The van der Waals surface area contributed by atoms with E-state index >= 15 is 0 Å². The Morgan fingerprint density at radius 1 is 1.00 bits per heavy atom. The van der Waals surface area contributed by atoms with Gasteiger partial charge in [0.2, 0.25) is 0 Å². The molecule has 0 saturated carbocycles. The molecule has 6 heteroatoms. The molecule has 0 N–H and O–H groups in total. The molecular weight excluding hydrogens is 458 g/mol. The van der Waals surface area contributed by atoms with E-state index in [-0.39, 0.29) is 11.5 Å². The van der Waals surface area contributed by atoms with Gasteiger partial charge in [-0.3, -0.25) is 14.2 Å². The van der Waals surface area contributed by atoms with Crippen LogP contribution >= 0.6 is 11.6 Å². The van der Waals surface area contributed by atoms with Crippen LogP contribution in [-0.4, -0.2) is 26.9 Å². The van der Waals surface area contributed by atoms with Crippen LogP contribution in [0, 0.1) is 6.92 Å². The monoisotopic (exact) mass is 487 g/mol. The number of hydrogen-bond acceptors (Lipinski definition) is 3. The number of fused-ring (bicyclic) bond motifs is 1. The van der Waals surface area contributed by atoms with Crippen molar-refractivity contribution in [2.45, 2.75) is 46.1 Å². The molecule has 0 aliphatic carbocycles. The van der Waals surface area contributed by atoms with E-state index in [4.69, 9.17) is 16.6 Å². The molecule has 1 heterocycles. The first-order valence-electron chi connectivity index (χ1n) is 12.1. The van der Waals surface area contributed by atoms with Gasteiger partial charge in [0.05, 0.1) is 33.2 Å². The highest BCUT2D eigenvalue weighted by Crippen LogP contribution is 2.27. The average Bonchev–Trinajstić information content (AvgIpc) is 2.87. The van der Waals surface area contributed by atoms with Gasteiger partial charge < -0.3 is 4.90 Å². The van der Waals surface area contributed by atoms with Crippen molar-refractivity contribution in [1.29, 1.82) is 0 Å². The summed E-state index contributed by atoms with van der Waals surface area (Å²) in [5, 5.41) is 0.951. The van der Waals surface area contributed by atoms with E-state index in [1.54, 1.807) is 27.7 Å². The van der Waals surface area contributed by atoms with Gasteiger partial charge in [0.25, 0.3) is 11.5 Å². The minimum atomic E-state index is -0.464. The summed E-state index contributed by atoms with van der Waals surface area (Å²) in [6.45, 7) is 6.60. The Morgan fingerprint density at radius 2 is 1.69 bits per heavy atom. The van der Waals surface area contributed by atoms with E-state index in [1.807, 2.05) is 68.4 Å². The molecule has 0 aliphatic rings. The molecule has 1 atom stereocenters. The third kappa shape index (κ3) is 5.15. The SMILES string of the molecule is CCCCCN(C(=O)c1ccccc1Cl)C(C)c1nc2ccccc2c(=O)n1-c1ccc(C)cc1. The Kier molecular flexibility index (Phi) is 7.67. The van der Waals surface area contributed by atoms with Crippen LogP contribution in [0.3, 0.4) is 0 Å². The summed E-state index contributed by atoms with van der Waals surface area (Å²) < 4.78 is 1.64. The summed E-state index contributed by atoms with van der Waals surface area (Å²) in [4.78, 5) is 34.2. The van der Waals surface area contributed by atoms with Crippen LogP contribution < -0.4 is 5.56 Å². The lowest BCUT2D eigenvalue weighted by Gasteiger charge is -2.31. The molecule has 4 rings (SSSR count). The molecule has 0 fully saturated rings. The van der Waals surface area contributed by atoms with Crippen LogP contribution in [0.1, 0.15) is 60.9 Å². The molecule has 1 unspecified atom stereocenters. The van der Waals surface area contributed by atoms with Gasteiger partial charge in [-0.15, -0.1) is 0 Å². The van der Waals surface area contributed by atoms with Gasteiger partial charge in [0.15, 0.2) is 0 Å². The van der Waals surface area contributed by atoms with Crippen LogP contribution in [0.2, 0.25) is 5.02 Å². The number of nitrogens with zero attached hydrogens (tertiary/aromatic N) is 3. The third-order valence-corrected chi connectivity index (χ3v) is 6.63. The van der Waals surface area contributed by atoms with Gasteiger partial charge >= 0.3 is 0 Å². The Bertz CT molecular complexity index is 1400. The maximum atomic E-state index is 13.7. The van der Waals surface area contributed by atoms with Crippen molar-refractivity contribution >= 4 is 28.4 Å². The molecule has 4 aromatic rings. The highest BCUT2D eigenvalue weighted by Gasteiger charge is 2.28. The molecule has 180 valence electrons. The average molecular weight is 488 g/mol. The summed E-state index contributed by atoms with van der Waals surface area (Å²) in [6.07, 6.45) is 2.87. The molecule has 1 aromatic heterocycles. The maximum absolute atomic E-state index is 13.7. The van der Waals surface area contributed by atoms with Crippen molar-refractivity contribution in [2.24, 2.45) is 0 Å². The van der Waals surface area contributed by atoms with E-state index in [2.05, 4.69) is 6.92 Å². The number of carbonyl (C=O) groups excluding carboxylic acids is 1. The summed E-state index contributed by atoms with van der Waals surface area (Å²) in [7, 11) is 0. The largest absolute Gasteiger partial charge is 0.329 e. The highest BCUT2D eigenvalue weighted by molar-refractivity contribution is 6.33. The lowest BCUT2D eigenvalue weighted by Crippen LogP contribution is -2.38. The zero-order valence-corrected chi connectivity index (χ0v) is 21.1. The van der Waals surface area contributed by atoms with Crippen molar-refractivity contribution in [1.82, 2.24) is 14.5 Å². The minimum absolute atomic E-state index is 0.153. The van der Waals surface area contributed by atoms with Gasteiger partial charge in [0, 0.05) is 6.54 Å². The Hall–Kier alpha value is -3.44. The van der Waals surface area contributed by atoms with E-state index in [9.17, 15) is 9.59 Å². The summed E-state index contributed by atoms with van der Waals surface area (Å²) >= 11 is 6.40. The Morgan fingerprint density at radius 3 is 2.40 bits per heavy atom. The van der Waals surface area contributed by atoms with Crippen LogP contribution in [0.15, 0.2) is 77.6 Å². The number of benzene rings is 3. The van der Waals surface area contributed by atoms with Gasteiger partial charge in [-0.25, -0.2) is 4.98 Å². The molecule has 0 spiro atoms. The number of carbonyl (C=O) groups is 1. The fourth-order valence-corrected chi connectivity index (χ4v) is 4.52. The van der Waals surface area contributed by atoms with Crippen LogP contribution in [0.25, 0.3) is 16.6 Å². The van der Waals surface area contributed by atoms with E-state index in [0.717, 1.165) is 30.5 Å². The van der Waals surface area contributed by atoms with Crippen LogP contribution in [-0.2, 0) is 0 Å². The quantitative estimate of drug-likeness (QED) is 0.258. The number of halogens is 1. The zero-order valence-electron chi connectivity index (χ0n) is 20.4. The lowest BCUT2D eigenvalue weighted by atomic mass is 10.1. The van der Waals surface area contributed by atoms with Crippen LogP contribution in [0.4, 0.5) is 0 Å². The predicted molar refractivity (Wildman–Crippen MR) is 143 cm³/mol. The highest BCUT2D eigenvalue weighted by atomic mass is 35.5. The number of amides is 1. The third-order valence-electron chi connectivity index (χ3n) is 6.30. The van der Waals surface area contributed by atoms with Gasteiger partial charge in [-0.2, -0.15) is 0 Å². The molecule has 3 aromatic carbocycles. The molecule has 35 heavy (non-hydrogen) atoms. The first-order valence-corrected chi connectivity index (χ1v) is 12.4. The number of hydrogen-bond donors (Lipinski definition) is 0. The summed E-state index contributed by atoms with van der Waals surface area (Å²) in [5.74, 6) is 0.353. The second-order valence-corrected chi connectivity index (χ2v) is 9.23. The fourth-order valence-electron chi connectivity index (χ4n) is 4.31. The molecule has 0 bridgehead atoms. The molecule has 0 saturated heterocycles. The van der Waals surface area contributed by atoms with Gasteiger partial charge in [-0.1, -0.05) is 73.3 Å². The van der Waals surface area contributed by atoms with Crippen LogP contribution in [0.5, 0.6) is 0 Å². The van der Waals surface area contributed by atoms with Gasteiger partial charge in [-0.05, 0) is 56.7 Å². The van der Waals surface area contributed by atoms with Crippen molar-refractivity contribution < 1.29 is 4.79 Å². The molecular formula is C29H30ClN3O2. The van der Waals surface area contributed by atoms with Crippen molar-refractivity contribution in [3.8, 4) is 5.69 Å². The molecule has 5 nitrogen and oxygen atoms in total. The summed E-state index contributed by atoms with van der Waals surface area (Å²) in [6, 6.07) is 21.7. The van der Waals surface area contributed by atoms with E-state index in [1.165, 1.54) is 0 Å². The smallest absolute Gasteiger partial charge is 0.266 e. The topological polar surface area (TPSA) is 55.2 Å². The first kappa shape index (κ1) is 24.7. The van der Waals surface area contributed by atoms with E-state index < -0.39 is 6.04 Å². The molecule has 0 radical (unpaired) electrons. The summed E-state index contributed by atoms with van der Waals surface area (Å²) in [5.41, 5.74) is 2.73. The second kappa shape index (κ2) is 10.9. The number of aryl methyl sites for hydroxylation is 1. The predicted octanol–water partition coefficient (Wildman–Crippen LogP) is 6.74. The standard InChI is InChI=1S/C29H30ClN3O2/c1-4-5-10-19-32(28(34)23-11-6-8-13-25(23)30)21(3)27-31-26-14-9-7-12-24(26)29(35)33(27)22-17-15-20(2)16-18-22/h6-9,11-18,21H,4-5,10,19H2,1-3H3. The van der Waals surface area contributed by atoms with Crippen molar-refractivity contribution in [2.75, 3.05) is 6.54 Å². The lowest BCUT2D eigenvalue weighted by molar-refractivity contribution is 0.0677. The number of para-hydroxylation sites is 1. The Balaban J connectivity index is 1.89. The Labute approximate surface area is 211 Å². The maximum Gasteiger partial charge on any atom is 0.266 e. The normalized spacial score (nSPS) is 12.0. The second-order valence-electron chi connectivity index (χ2n) is 8.82. The zero-order chi connectivity index (χ0) is 24.9. The minimum Gasteiger partial charge on any atom is -0.329 e. The number of aromatic nitrogens is 2. The van der Waals surface area contributed by atoms with E-state index in [0.29, 0.717) is 33.9 Å². The number of rotatable bonds is 8. The van der Waals surface area contributed by atoms with Crippen molar-refractivity contribution in [3.63, 3.8) is 0 Å². The van der Waals surface area contributed by atoms with Gasteiger partial charge in [0.1, 0.15) is 5.82 Å².